The summed E-state index contributed by atoms with van der Waals surface area (Å²) in [6.45, 7) is 2.07. The van der Waals surface area contributed by atoms with Crippen molar-refractivity contribution in [2.45, 2.75) is 32.8 Å². The molecular formula is C18H28O10. The number of ether oxygens (including phenoxy) is 5. The van der Waals surface area contributed by atoms with Gasteiger partial charge in [-0.2, -0.15) is 0 Å². The molecule has 2 unspecified atom stereocenters. The smallest absolute Gasteiger partial charge is 0.310 e. The van der Waals surface area contributed by atoms with Gasteiger partial charge in [0.1, 0.15) is 39.6 Å². The van der Waals surface area contributed by atoms with E-state index in [2.05, 4.69) is 4.74 Å². The van der Waals surface area contributed by atoms with E-state index in [4.69, 9.17) is 31.2 Å². The molecule has 0 rings (SSSR count). The molecule has 0 amide bonds. The Bertz CT molecular complexity index is 447. The van der Waals surface area contributed by atoms with Crippen LogP contribution in [0.4, 0.5) is 0 Å². The second kappa shape index (κ2) is 16.1. The molecule has 2 radical (unpaired) electrons. The number of carbonyl (C=O) groups is 4. The van der Waals surface area contributed by atoms with Crippen molar-refractivity contribution in [3.63, 3.8) is 0 Å². The molecule has 28 heavy (non-hydrogen) atoms. The van der Waals surface area contributed by atoms with Crippen LogP contribution in [0.1, 0.15) is 26.7 Å². The number of hydrogen-bond donors (Lipinski definition) is 1. The van der Waals surface area contributed by atoms with E-state index in [-0.39, 0.29) is 64.2 Å². The molecule has 10 nitrogen and oxygen atoms in total. The van der Waals surface area contributed by atoms with Crippen molar-refractivity contribution in [2.75, 3.05) is 46.2 Å². The highest BCUT2D eigenvalue weighted by molar-refractivity contribution is 5.85. The van der Waals surface area contributed by atoms with E-state index in [1.54, 1.807) is 0 Å². The summed E-state index contributed by atoms with van der Waals surface area (Å²) in [7, 11) is 4.86. The molecule has 0 bridgehead atoms. The van der Waals surface area contributed by atoms with E-state index < -0.39 is 24.0 Å². The Kier molecular flexibility index (Phi) is 15.0. The van der Waals surface area contributed by atoms with Gasteiger partial charge in [-0.1, -0.05) is 0 Å². The van der Waals surface area contributed by atoms with Gasteiger partial charge in [0.05, 0.1) is 32.2 Å². The maximum absolute atomic E-state index is 11.5. The summed E-state index contributed by atoms with van der Waals surface area (Å²) >= 11 is 0. The number of hydrogen-bond acceptors (Lipinski definition) is 10. The topological polar surface area (TPSA) is 135 Å². The fourth-order valence-corrected chi connectivity index (χ4v) is 1.56. The molecule has 0 aliphatic rings. The second-order valence-electron chi connectivity index (χ2n) is 5.90. The lowest BCUT2D eigenvalue weighted by molar-refractivity contribution is -0.153. The summed E-state index contributed by atoms with van der Waals surface area (Å²) in [5.74, 6) is -2.47. The number of carbonyl (C=O) groups excluding carboxylic acids is 4. The molecule has 0 spiro atoms. The van der Waals surface area contributed by atoms with Gasteiger partial charge in [-0.05, 0) is 13.8 Å². The molecule has 0 aliphatic carbocycles. The fraction of sp³-hybridized carbons (Fsp3) is 0.722. The van der Waals surface area contributed by atoms with Crippen molar-refractivity contribution in [3.05, 3.63) is 7.11 Å². The second-order valence-corrected chi connectivity index (χ2v) is 5.90. The number of aliphatic hydroxyl groups is 1. The van der Waals surface area contributed by atoms with E-state index in [0.29, 0.717) is 6.42 Å². The average molecular weight is 404 g/mol. The van der Waals surface area contributed by atoms with Crippen LogP contribution in [0.5, 0.6) is 0 Å². The standard InChI is InChI=1S/C18H28O10/c1-13(9-19)18(23)28-8-5-17(22)27-7-4-6-25-10-15(20)11-26-12-16(21)14(2)24-3/h3,13-14,19H,4-12H2,1-2H3. The first kappa shape index (κ1) is 26.1. The molecule has 0 aliphatic heterocycles. The van der Waals surface area contributed by atoms with Gasteiger partial charge in [-0.25, -0.2) is 0 Å². The van der Waals surface area contributed by atoms with E-state index in [1.807, 2.05) is 0 Å². The minimum Gasteiger partial charge on any atom is -0.465 e. The molecule has 2 atom stereocenters. The lowest BCUT2D eigenvalue weighted by Gasteiger charge is -2.09. The summed E-state index contributed by atoms with van der Waals surface area (Å²) in [6, 6.07) is 0. The highest BCUT2D eigenvalue weighted by atomic mass is 16.6. The number of aliphatic hydroxyl groups excluding tert-OH is 1. The summed E-state index contributed by atoms with van der Waals surface area (Å²) < 4.78 is 24.1. The molecule has 0 heterocycles. The predicted octanol–water partition coefficient (Wildman–Crippen LogP) is -0.274. The van der Waals surface area contributed by atoms with Crippen LogP contribution in [0.15, 0.2) is 0 Å². The maximum atomic E-state index is 11.5. The minimum absolute atomic E-state index is 0.0902. The van der Waals surface area contributed by atoms with Gasteiger partial charge >= 0.3 is 11.9 Å². The Balaban J connectivity index is 3.57. The molecule has 1 N–H and O–H groups in total. The van der Waals surface area contributed by atoms with E-state index in [9.17, 15) is 19.2 Å². The molecular weight excluding hydrogens is 376 g/mol. The minimum atomic E-state index is -0.801. The summed E-state index contributed by atoms with van der Waals surface area (Å²) in [5.41, 5.74) is 0. The molecule has 0 fully saturated rings. The van der Waals surface area contributed by atoms with Crippen LogP contribution in [-0.2, 0) is 42.9 Å². The highest BCUT2D eigenvalue weighted by Gasteiger charge is 2.14. The fourth-order valence-electron chi connectivity index (χ4n) is 1.56. The predicted molar refractivity (Wildman–Crippen MR) is 93.9 cm³/mol. The van der Waals surface area contributed by atoms with Crippen molar-refractivity contribution in [2.24, 2.45) is 5.92 Å². The van der Waals surface area contributed by atoms with Gasteiger partial charge in [-0.3, -0.25) is 19.2 Å². The molecule has 0 aromatic heterocycles. The van der Waals surface area contributed by atoms with Crippen LogP contribution in [0.25, 0.3) is 0 Å². The number of esters is 2. The quantitative estimate of drug-likeness (QED) is 0.255. The van der Waals surface area contributed by atoms with Gasteiger partial charge in [-0.15, -0.1) is 0 Å². The zero-order valence-corrected chi connectivity index (χ0v) is 16.2. The van der Waals surface area contributed by atoms with E-state index in [1.165, 1.54) is 13.8 Å². The molecule has 160 valence electrons. The number of Topliss-reactive ketones (excluding diaryl/α,β-unsaturated/α-hetero) is 2. The van der Waals surface area contributed by atoms with Crippen molar-refractivity contribution in [3.8, 4) is 0 Å². The molecule has 10 heteroatoms. The zero-order valence-electron chi connectivity index (χ0n) is 16.2. The van der Waals surface area contributed by atoms with Crippen LogP contribution in [0.2, 0.25) is 0 Å². The van der Waals surface area contributed by atoms with Crippen LogP contribution in [0.3, 0.4) is 0 Å². The molecule has 0 saturated heterocycles. The van der Waals surface area contributed by atoms with Crippen molar-refractivity contribution in [1.29, 1.82) is 0 Å². The summed E-state index contributed by atoms with van der Waals surface area (Å²) in [4.78, 5) is 45.5. The SMILES string of the molecule is [CH]OC(C)C(=O)COCC(=O)COCCCOC(=O)CCOC(=O)C(C)CO. The van der Waals surface area contributed by atoms with Gasteiger partial charge < -0.3 is 28.8 Å². The monoisotopic (exact) mass is 404 g/mol. The number of rotatable bonds is 17. The normalized spacial score (nSPS) is 12.9. The van der Waals surface area contributed by atoms with Gasteiger partial charge in [0.25, 0.3) is 0 Å². The van der Waals surface area contributed by atoms with Gasteiger partial charge in [0.15, 0.2) is 11.6 Å². The maximum Gasteiger partial charge on any atom is 0.310 e. The Morgan fingerprint density at radius 2 is 1.61 bits per heavy atom. The Morgan fingerprint density at radius 1 is 0.929 bits per heavy atom. The van der Waals surface area contributed by atoms with Crippen molar-refractivity contribution >= 4 is 23.5 Å². The lowest BCUT2D eigenvalue weighted by Crippen LogP contribution is -2.25. The zero-order chi connectivity index (χ0) is 21.4. The third kappa shape index (κ3) is 13.3. The van der Waals surface area contributed by atoms with Crippen molar-refractivity contribution < 1.29 is 48.0 Å². The van der Waals surface area contributed by atoms with Crippen LogP contribution < -0.4 is 0 Å². The van der Waals surface area contributed by atoms with Crippen LogP contribution in [0, 0.1) is 13.0 Å². The molecule has 0 aromatic rings. The summed E-state index contributed by atoms with van der Waals surface area (Å²) in [5, 5.41) is 8.77. The van der Waals surface area contributed by atoms with Gasteiger partial charge in [0, 0.05) is 6.42 Å². The highest BCUT2D eigenvalue weighted by Crippen LogP contribution is 1.99. The largest absolute Gasteiger partial charge is 0.465 e. The van der Waals surface area contributed by atoms with Crippen molar-refractivity contribution in [1.82, 2.24) is 0 Å². The first-order valence-electron chi connectivity index (χ1n) is 8.80. The first-order valence-corrected chi connectivity index (χ1v) is 8.80. The Labute approximate surface area is 164 Å². The van der Waals surface area contributed by atoms with Crippen LogP contribution >= 0.6 is 0 Å². The van der Waals surface area contributed by atoms with Gasteiger partial charge in [0.2, 0.25) is 0 Å². The third-order valence-electron chi connectivity index (χ3n) is 3.35. The number of ketones is 2. The average Bonchev–Trinajstić information content (AvgIpc) is 2.68. The molecule has 0 aromatic carbocycles. The lowest BCUT2D eigenvalue weighted by atomic mass is 10.2. The van der Waals surface area contributed by atoms with E-state index in [0.717, 1.165) is 0 Å². The Morgan fingerprint density at radius 3 is 2.25 bits per heavy atom. The first-order chi connectivity index (χ1) is 13.3. The van der Waals surface area contributed by atoms with Crippen LogP contribution in [-0.4, -0.2) is 81.0 Å². The van der Waals surface area contributed by atoms with E-state index >= 15 is 0 Å². The third-order valence-corrected chi connectivity index (χ3v) is 3.35. The molecule has 0 saturated carbocycles. The summed E-state index contributed by atoms with van der Waals surface area (Å²) in [6.07, 6.45) is -0.511. The Hall–Kier alpha value is -1.88.